The first kappa shape index (κ1) is 14.3. The molecule has 0 amide bonds. The lowest BCUT2D eigenvalue weighted by atomic mass is 9.99. The zero-order valence-corrected chi connectivity index (χ0v) is 14.9. The minimum Gasteiger partial charge on any atom is -0.274 e. The normalized spacial score (nSPS) is 12.9. The molecule has 4 aromatic heterocycles. The standard InChI is InChI=1S/C24H14N4/c1-2-5-16-14(4-1)10-15-11-20-19(12-18(15)16)17-7-9-25-13-22(17)28-23(20)27-21-6-3-8-26-24(21)28/h1-9,11-13H,10H2. The Morgan fingerprint density at radius 2 is 1.71 bits per heavy atom. The molecule has 1 aliphatic rings. The van der Waals surface area contributed by atoms with E-state index >= 15 is 0 Å². The van der Waals surface area contributed by atoms with E-state index in [1.807, 2.05) is 30.7 Å². The molecule has 4 heteroatoms. The molecule has 0 N–H and O–H groups in total. The van der Waals surface area contributed by atoms with E-state index in [1.54, 1.807) is 0 Å². The van der Waals surface area contributed by atoms with Crippen molar-refractivity contribution in [3.8, 4) is 11.1 Å². The Balaban J connectivity index is 1.74. The second-order valence-corrected chi connectivity index (χ2v) is 7.40. The number of rotatable bonds is 0. The summed E-state index contributed by atoms with van der Waals surface area (Å²) < 4.78 is 2.15. The highest BCUT2D eigenvalue weighted by atomic mass is 15.1. The predicted molar refractivity (Wildman–Crippen MR) is 112 cm³/mol. The molecule has 2 aromatic carbocycles. The van der Waals surface area contributed by atoms with Gasteiger partial charge in [0.05, 0.1) is 11.7 Å². The van der Waals surface area contributed by atoms with Crippen molar-refractivity contribution in [3.05, 3.63) is 84.3 Å². The van der Waals surface area contributed by atoms with Crippen LogP contribution in [-0.2, 0) is 6.42 Å². The molecule has 0 spiro atoms. The van der Waals surface area contributed by atoms with Crippen molar-refractivity contribution in [2.75, 3.05) is 0 Å². The molecule has 1 aliphatic carbocycles. The van der Waals surface area contributed by atoms with Gasteiger partial charge in [-0.1, -0.05) is 24.3 Å². The Bertz CT molecular complexity index is 1590. The maximum absolute atomic E-state index is 4.94. The van der Waals surface area contributed by atoms with E-state index in [-0.39, 0.29) is 0 Å². The quantitative estimate of drug-likeness (QED) is 0.352. The van der Waals surface area contributed by atoms with Crippen LogP contribution in [0.2, 0.25) is 0 Å². The minimum absolute atomic E-state index is 0.876. The van der Waals surface area contributed by atoms with Crippen LogP contribution < -0.4 is 0 Å². The van der Waals surface area contributed by atoms with Gasteiger partial charge in [0, 0.05) is 23.2 Å². The average Bonchev–Trinajstić information content (AvgIpc) is 3.31. The van der Waals surface area contributed by atoms with Crippen LogP contribution in [0.4, 0.5) is 0 Å². The molecule has 0 radical (unpaired) electrons. The molecule has 0 aliphatic heterocycles. The van der Waals surface area contributed by atoms with Crippen LogP contribution in [0.25, 0.3) is 49.6 Å². The number of aromatic nitrogens is 4. The van der Waals surface area contributed by atoms with Gasteiger partial charge in [-0.15, -0.1) is 0 Å². The van der Waals surface area contributed by atoms with Crippen LogP contribution in [-0.4, -0.2) is 19.4 Å². The average molecular weight is 358 g/mol. The van der Waals surface area contributed by atoms with Gasteiger partial charge in [-0.05, 0) is 64.4 Å². The summed E-state index contributed by atoms with van der Waals surface area (Å²) in [6.45, 7) is 0. The van der Waals surface area contributed by atoms with Gasteiger partial charge in [-0.3, -0.25) is 9.38 Å². The van der Waals surface area contributed by atoms with Crippen molar-refractivity contribution in [2.24, 2.45) is 0 Å². The molecule has 0 bridgehead atoms. The first-order valence-electron chi connectivity index (χ1n) is 9.42. The van der Waals surface area contributed by atoms with E-state index in [1.165, 1.54) is 38.4 Å². The highest BCUT2D eigenvalue weighted by Gasteiger charge is 2.21. The fourth-order valence-electron chi connectivity index (χ4n) is 4.71. The monoisotopic (exact) mass is 358 g/mol. The highest BCUT2D eigenvalue weighted by Crippen LogP contribution is 2.41. The fourth-order valence-corrected chi connectivity index (χ4v) is 4.71. The number of nitrogens with zero attached hydrogens (tertiary/aromatic N) is 4. The fraction of sp³-hybridized carbons (Fsp3) is 0.0417. The van der Waals surface area contributed by atoms with Gasteiger partial charge in [-0.2, -0.15) is 0 Å². The van der Waals surface area contributed by atoms with Gasteiger partial charge in [0.2, 0.25) is 0 Å². The van der Waals surface area contributed by atoms with E-state index in [9.17, 15) is 0 Å². The summed E-state index contributed by atoms with van der Waals surface area (Å²) >= 11 is 0. The molecule has 7 rings (SSSR count). The molecular formula is C24H14N4. The Kier molecular flexibility index (Phi) is 2.51. The molecule has 130 valence electrons. The predicted octanol–water partition coefficient (Wildman–Crippen LogP) is 5.16. The third-order valence-corrected chi connectivity index (χ3v) is 5.92. The summed E-state index contributed by atoms with van der Waals surface area (Å²) in [6, 6.07) is 19.4. The smallest absolute Gasteiger partial charge is 0.165 e. The van der Waals surface area contributed by atoms with Crippen molar-refractivity contribution < 1.29 is 0 Å². The highest BCUT2D eigenvalue weighted by molar-refractivity contribution is 6.15. The van der Waals surface area contributed by atoms with Gasteiger partial charge < -0.3 is 0 Å². The molecule has 0 fully saturated rings. The molecule has 0 unspecified atom stereocenters. The Labute approximate surface area is 160 Å². The van der Waals surface area contributed by atoms with E-state index in [0.29, 0.717) is 0 Å². The molecule has 4 nitrogen and oxygen atoms in total. The van der Waals surface area contributed by atoms with Gasteiger partial charge in [0.15, 0.2) is 5.65 Å². The number of fused-ring (bicyclic) bond motifs is 11. The number of hydrogen-bond donors (Lipinski definition) is 0. The largest absolute Gasteiger partial charge is 0.274 e. The summed E-state index contributed by atoms with van der Waals surface area (Å²) in [5, 5.41) is 3.56. The van der Waals surface area contributed by atoms with Gasteiger partial charge in [0.1, 0.15) is 11.2 Å². The molecule has 6 aromatic rings. The van der Waals surface area contributed by atoms with Crippen molar-refractivity contribution in [2.45, 2.75) is 6.42 Å². The number of hydrogen-bond acceptors (Lipinski definition) is 3. The van der Waals surface area contributed by atoms with Gasteiger partial charge in [-0.25, -0.2) is 9.97 Å². The first-order chi connectivity index (χ1) is 13.9. The van der Waals surface area contributed by atoms with Crippen LogP contribution in [0, 0.1) is 0 Å². The maximum Gasteiger partial charge on any atom is 0.165 e. The van der Waals surface area contributed by atoms with E-state index in [0.717, 1.165) is 28.7 Å². The van der Waals surface area contributed by atoms with Gasteiger partial charge >= 0.3 is 0 Å². The molecular weight excluding hydrogens is 344 g/mol. The Hall–Kier alpha value is -3.79. The topological polar surface area (TPSA) is 43.1 Å². The summed E-state index contributed by atoms with van der Waals surface area (Å²) in [6.07, 6.45) is 6.57. The zero-order valence-electron chi connectivity index (χ0n) is 14.9. The van der Waals surface area contributed by atoms with Crippen molar-refractivity contribution in [3.63, 3.8) is 0 Å². The summed E-state index contributed by atoms with van der Waals surface area (Å²) in [7, 11) is 0. The zero-order chi connectivity index (χ0) is 18.2. The van der Waals surface area contributed by atoms with Crippen molar-refractivity contribution in [1.29, 1.82) is 0 Å². The molecule has 4 heterocycles. The van der Waals surface area contributed by atoms with Crippen molar-refractivity contribution in [1.82, 2.24) is 19.4 Å². The summed E-state index contributed by atoms with van der Waals surface area (Å²) in [5.41, 5.74) is 9.20. The Morgan fingerprint density at radius 1 is 0.750 bits per heavy atom. The number of pyridine rings is 3. The van der Waals surface area contributed by atoms with Crippen LogP contribution in [0.5, 0.6) is 0 Å². The third-order valence-electron chi connectivity index (χ3n) is 5.92. The summed E-state index contributed by atoms with van der Waals surface area (Å²) in [4.78, 5) is 13.9. The lowest BCUT2D eigenvalue weighted by molar-refractivity contribution is 1.22. The van der Waals surface area contributed by atoms with Gasteiger partial charge in [0.25, 0.3) is 0 Å². The van der Waals surface area contributed by atoms with Crippen LogP contribution in [0.1, 0.15) is 11.1 Å². The first-order valence-corrected chi connectivity index (χ1v) is 9.42. The van der Waals surface area contributed by atoms with Crippen LogP contribution >= 0.6 is 0 Å². The third kappa shape index (κ3) is 1.68. The van der Waals surface area contributed by atoms with Crippen LogP contribution in [0.3, 0.4) is 0 Å². The maximum atomic E-state index is 4.94. The lowest BCUT2D eigenvalue weighted by Crippen LogP contribution is -1.94. The Morgan fingerprint density at radius 3 is 2.71 bits per heavy atom. The van der Waals surface area contributed by atoms with Crippen molar-refractivity contribution >= 4 is 38.5 Å². The minimum atomic E-state index is 0.876. The second kappa shape index (κ2) is 4.93. The second-order valence-electron chi connectivity index (χ2n) is 7.40. The molecule has 0 saturated heterocycles. The number of benzene rings is 2. The van der Waals surface area contributed by atoms with Crippen LogP contribution in [0.15, 0.2) is 73.2 Å². The molecule has 0 saturated carbocycles. The van der Waals surface area contributed by atoms with E-state index in [2.05, 4.69) is 56.8 Å². The summed E-state index contributed by atoms with van der Waals surface area (Å²) in [5.74, 6) is 0. The molecule has 28 heavy (non-hydrogen) atoms. The number of imidazole rings is 1. The lowest BCUT2D eigenvalue weighted by Gasteiger charge is -2.10. The molecule has 0 atom stereocenters. The van der Waals surface area contributed by atoms with E-state index < -0.39 is 0 Å². The van der Waals surface area contributed by atoms with E-state index in [4.69, 9.17) is 4.98 Å². The SMILES string of the molecule is c1ccc2c(c1)Cc1cc3c(cc1-2)c1ccncc1n1c2ncccc2nc31.